The number of halogens is 12. The van der Waals surface area contributed by atoms with Crippen LogP contribution in [0.2, 0.25) is 0 Å². The van der Waals surface area contributed by atoms with Crippen molar-refractivity contribution in [3.05, 3.63) is 70.4 Å². The van der Waals surface area contributed by atoms with Crippen LogP contribution in [0.15, 0.2) is 46.6 Å². The van der Waals surface area contributed by atoms with Crippen molar-refractivity contribution in [1.29, 1.82) is 0 Å². The lowest BCUT2D eigenvalue weighted by atomic mass is 9.95. The van der Waals surface area contributed by atoms with Crippen LogP contribution in [0.3, 0.4) is 0 Å². The minimum absolute atomic E-state index is 0.298. The maximum atomic E-state index is 12.9. The minimum atomic E-state index is -4.82. The van der Waals surface area contributed by atoms with Crippen LogP contribution >= 0.6 is 0 Å². The Morgan fingerprint density at radius 1 is 0.640 bits per heavy atom. The van der Waals surface area contributed by atoms with Gasteiger partial charge in [0.25, 0.3) is 11.8 Å². The van der Waals surface area contributed by atoms with Crippen molar-refractivity contribution in [2.45, 2.75) is 62.5 Å². The summed E-state index contributed by atoms with van der Waals surface area (Å²) in [6, 6.07) is 4.96. The highest BCUT2D eigenvalue weighted by Crippen LogP contribution is 2.40. The number of carbonyl (C=O) groups is 2. The summed E-state index contributed by atoms with van der Waals surface area (Å²) in [7, 11) is 0. The SMILES string of the molecule is [C-]#[N+]c1ccc(NC(=O)[C@@]2(C)CC(C(F)(F)F)=NN2)cc1C(F)(F)F.[C-]#[N+]c1ccc(NC(=O)[C@]2(C)CC(C(F)(F)F)=NN2)cc1C(F)(F)F. The Bertz CT molecular complexity index is 1690. The van der Waals surface area contributed by atoms with Crippen LogP contribution in [0.5, 0.6) is 0 Å². The molecule has 10 nitrogen and oxygen atoms in total. The maximum Gasteiger partial charge on any atom is 0.431 e. The van der Waals surface area contributed by atoms with E-state index in [0.717, 1.165) is 38.1 Å². The zero-order chi connectivity index (χ0) is 38.1. The number of carbonyl (C=O) groups excluding carboxylic acids is 2. The van der Waals surface area contributed by atoms with E-state index in [1.807, 2.05) is 0 Å². The van der Waals surface area contributed by atoms with Crippen molar-refractivity contribution in [1.82, 2.24) is 10.9 Å². The van der Waals surface area contributed by atoms with Crippen LogP contribution in [0.25, 0.3) is 9.69 Å². The van der Waals surface area contributed by atoms with Crippen molar-refractivity contribution in [2.75, 3.05) is 10.6 Å². The Morgan fingerprint density at radius 2 is 0.960 bits per heavy atom. The summed E-state index contributed by atoms with van der Waals surface area (Å²) in [5.41, 5.74) is -6.19. The molecule has 50 heavy (non-hydrogen) atoms. The Balaban J connectivity index is 0.000000270. The smallest absolute Gasteiger partial charge is 0.324 e. The van der Waals surface area contributed by atoms with E-state index in [0.29, 0.717) is 12.1 Å². The van der Waals surface area contributed by atoms with E-state index in [1.165, 1.54) is 0 Å². The van der Waals surface area contributed by atoms with E-state index in [9.17, 15) is 62.3 Å². The molecule has 2 aliphatic heterocycles. The highest BCUT2D eigenvalue weighted by molar-refractivity contribution is 6.05. The molecule has 2 aromatic rings. The zero-order valence-corrected chi connectivity index (χ0v) is 25.0. The second-order valence-corrected chi connectivity index (χ2v) is 10.9. The maximum absolute atomic E-state index is 12.9. The topological polar surface area (TPSA) is 116 Å². The zero-order valence-electron chi connectivity index (χ0n) is 25.0. The van der Waals surface area contributed by atoms with E-state index in [1.54, 1.807) is 0 Å². The summed E-state index contributed by atoms with van der Waals surface area (Å²) in [5, 5.41) is 10.4. The molecule has 4 rings (SSSR count). The molecule has 0 spiro atoms. The van der Waals surface area contributed by atoms with Gasteiger partial charge in [0.1, 0.15) is 22.5 Å². The molecule has 0 fully saturated rings. The molecule has 2 aromatic carbocycles. The number of alkyl halides is 12. The molecule has 0 aromatic heterocycles. The third-order valence-corrected chi connectivity index (χ3v) is 6.93. The van der Waals surface area contributed by atoms with Gasteiger partial charge in [-0.2, -0.15) is 62.9 Å². The minimum Gasteiger partial charge on any atom is -0.324 e. The molecule has 22 heteroatoms. The molecule has 0 unspecified atom stereocenters. The van der Waals surface area contributed by atoms with Crippen molar-refractivity contribution >= 4 is 46.0 Å². The monoisotopic (exact) mass is 728 g/mol. The summed E-state index contributed by atoms with van der Waals surface area (Å²) < 4.78 is 153. The predicted octanol–water partition coefficient (Wildman–Crippen LogP) is 7.73. The fraction of sp³-hybridized carbons (Fsp3) is 0.357. The van der Waals surface area contributed by atoms with E-state index >= 15 is 0 Å². The lowest BCUT2D eigenvalue weighted by Gasteiger charge is -2.23. The molecule has 4 N–H and O–H groups in total. The second kappa shape index (κ2) is 13.4. The molecule has 2 aliphatic rings. The molecule has 0 saturated heterocycles. The van der Waals surface area contributed by atoms with E-state index in [2.05, 4.69) is 41.4 Å². The summed E-state index contributed by atoms with van der Waals surface area (Å²) in [6.45, 7) is 15.7. The largest absolute Gasteiger partial charge is 0.431 e. The van der Waals surface area contributed by atoms with Crippen LogP contribution in [0, 0.1) is 13.1 Å². The Hall–Kier alpha value is -5.54. The first-order valence-electron chi connectivity index (χ1n) is 13.4. The Morgan fingerprint density at radius 3 is 1.20 bits per heavy atom. The standard InChI is InChI=1S/2C14H10F6N4O/c2*1-12(6-10(23-24-12)14(18,19)20)11(25)22-7-3-4-9(21-2)8(5-7)13(15,16)17/h2*3-5,24H,6H2,1H3,(H,22,25)/t2*12-/m10/s1. The van der Waals surface area contributed by atoms with Gasteiger partial charge in [-0.05, 0) is 38.1 Å². The van der Waals surface area contributed by atoms with Gasteiger partial charge in [0.15, 0.2) is 11.4 Å². The number of hydrogen-bond acceptors (Lipinski definition) is 6. The first-order valence-corrected chi connectivity index (χ1v) is 13.4. The van der Waals surface area contributed by atoms with Crippen molar-refractivity contribution < 1.29 is 62.3 Å². The summed E-state index contributed by atoms with van der Waals surface area (Å²) in [6.07, 6.45) is -20.6. The summed E-state index contributed by atoms with van der Waals surface area (Å²) in [5.74, 6) is -1.97. The van der Waals surface area contributed by atoms with Gasteiger partial charge in [-0.15, -0.1) is 0 Å². The number of benzene rings is 2. The molecular weight excluding hydrogens is 708 g/mol. The van der Waals surface area contributed by atoms with Crippen LogP contribution in [-0.4, -0.2) is 46.7 Å². The second-order valence-electron chi connectivity index (χ2n) is 10.9. The summed E-state index contributed by atoms with van der Waals surface area (Å²) in [4.78, 5) is 29.8. The number of amides is 2. The number of hydrogen-bond donors (Lipinski definition) is 4. The van der Waals surface area contributed by atoms with Crippen LogP contribution in [0.4, 0.5) is 75.4 Å². The molecule has 0 bridgehead atoms. The third kappa shape index (κ3) is 8.92. The lowest BCUT2D eigenvalue weighted by molar-refractivity contribution is -0.137. The number of rotatable bonds is 4. The molecule has 0 aliphatic carbocycles. The number of nitrogens with zero attached hydrogens (tertiary/aromatic N) is 4. The molecule has 2 amide bonds. The average Bonchev–Trinajstić information content (AvgIpc) is 3.62. The van der Waals surface area contributed by atoms with Crippen molar-refractivity contribution in [3.63, 3.8) is 0 Å². The number of hydrazone groups is 2. The highest BCUT2D eigenvalue weighted by atomic mass is 19.4. The van der Waals surface area contributed by atoms with Crippen LogP contribution in [0.1, 0.15) is 37.8 Å². The Kier molecular flexibility index (Phi) is 10.4. The van der Waals surface area contributed by atoms with Gasteiger partial charge in [0.2, 0.25) is 0 Å². The van der Waals surface area contributed by atoms with Gasteiger partial charge in [0.05, 0.1) is 24.3 Å². The summed E-state index contributed by atoms with van der Waals surface area (Å²) >= 11 is 0. The average molecular weight is 728 g/mol. The third-order valence-electron chi connectivity index (χ3n) is 6.93. The lowest BCUT2D eigenvalue weighted by Crippen LogP contribution is -2.48. The molecular formula is C28H20F12N8O2. The van der Waals surface area contributed by atoms with Crippen molar-refractivity contribution in [3.8, 4) is 0 Å². The van der Waals surface area contributed by atoms with Gasteiger partial charge in [-0.1, -0.05) is 12.1 Å². The van der Waals surface area contributed by atoms with Gasteiger partial charge < -0.3 is 10.6 Å². The molecule has 0 radical (unpaired) electrons. The first-order chi connectivity index (χ1) is 22.7. The van der Waals surface area contributed by atoms with Gasteiger partial charge >= 0.3 is 24.7 Å². The normalized spacial score (nSPS) is 20.5. The number of anilines is 2. The van der Waals surface area contributed by atoms with Gasteiger partial charge in [0, 0.05) is 24.2 Å². The van der Waals surface area contributed by atoms with Crippen molar-refractivity contribution in [2.24, 2.45) is 10.2 Å². The molecule has 0 saturated carbocycles. The quantitative estimate of drug-likeness (QED) is 0.191. The molecule has 268 valence electrons. The fourth-order valence-corrected chi connectivity index (χ4v) is 4.21. The van der Waals surface area contributed by atoms with E-state index < -0.39 is 94.4 Å². The van der Waals surface area contributed by atoms with E-state index in [4.69, 9.17) is 13.1 Å². The predicted molar refractivity (Wildman–Crippen MR) is 152 cm³/mol. The molecule has 2 heterocycles. The van der Waals surface area contributed by atoms with E-state index in [-0.39, 0.29) is 11.4 Å². The van der Waals surface area contributed by atoms with Crippen LogP contribution < -0.4 is 21.5 Å². The molecule has 2 atom stereocenters. The highest BCUT2D eigenvalue weighted by Gasteiger charge is 2.49. The number of nitrogens with one attached hydrogen (secondary N) is 4. The first kappa shape index (κ1) is 38.9. The van der Waals surface area contributed by atoms with Gasteiger partial charge in [-0.3, -0.25) is 20.4 Å². The fourth-order valence-electron chi connectivity index (χ4n) is 4.21. The van der Waals surface area contributed by atoms with Crippen LogP contribution in [-0.2, 0) is 21.9 Å². The Labute approximate surface area is 273 Å². The van der Waals surface area contributed by atoms with Gasteiger partial charge in [-0.25, -0.2) is 9.69 Å².